The van der Waals surface area contributed by atoms with Gasteiger partial charge in [0.05, 0.1) is 5.56 Å². The molecule has 4 nitrogen and oxygen atoms in total. The van der Waals surface area contributed by atoms with Crippen molar-refractivity contribution < 1.29 is 14.3 Å². The minimum Gasteiger partial charge on any atom is -0.507 e. The van der Waals surface area contributed by atoms with Gasteiger partial charge in [-0.1, -0.05) is 6.92 Å². The second-order valence-corrected chi connectivity index (χ2v) is 5.73. The van der Waals surface area contributed by atoms with Crippen molar-refractivity contribution in [2.45, 2.75) is 51.1 Å². The Morgan fingerprint density at radius 3 is 2.62 bits per heavy atom. The molecule has 0 aromatic heterocycles. The summed E-state index contributed by atoms with van der Waals surface area (Å²) in [5, 5.41) is 9.81. The molecule has 0 unspecified atom stereocenters. The van der Waals surface area contributed by atoms with E-state index >= 15 is 0 Å². The minimum atomic E-state index is -0.547. The SMILES string of the molecule is CCCN(C(=O)c1ccc(F)cc1O)C1CCC(N)CC1. The second-order valence-electron chi connectivity index (χ2n) is 5.73. The van der Waals surface area contributed by atoms with E-state index in [0.717, 1.165) is 38.2 Å². The van der Waals surface area contributed by atoms with Crippen LogP contribution in [-0.2, 0) is 0 Å². The number of phenolic OH excluding ortho intramolecular Hbond substituents is 1. The molecular weight excluding hydrogens is 271 g/mol. The van der Waals surface area contributed by atoms with Crippen LogP contribution in [0.3, 0.4) is 0 Å². The molecule has 0 bridgehead atoms. The van der Waals surface area contributed by atoms with Gasteiger partial charge in [0.2, 0.25) is 0 Å². The zero-order valence-corrected chi connectivity index (χ0v) is 12.4. The molecule has 0 heterocycles. The highest BCUT2D eigenvalue weighted by Gasteiger charge is 2.29. The lowest BCUT2D eigenvalue weighted by Gasteiger charge is -2.36. The fourth-order valence-corrected chi connectivity index (χ4v) is 2.94. The number of hydrogen-bond donors (Lipinski definition) is 2. The Bertz CT molecular complexity index is 499. The van der Waals surface area contributed by atoms with E-state index in [1.807, 2.05) is 6.92 Å². The number of carbonyl (C=O) groups excluding carboxylic acids is 1. The van der Waals surface area contributed by atoms with Gasteiger partial charge in [0, 0.05) is 24.7 Å². The van der Waals surface area contributed by atoms with Crippen LogP contribution in [0.4, 0.5) is 4.39 Å². The average Bonchev–Trinajstić information content (AvgIpc) is 2.45. The summed E-state index contributed by atoms with van der Waals surface area (Å²) in [5.41, 5.74) is 6.08. The molecule has 1 aliphatic carbocycles. The maximum absolute atomic E-state index is 13.1. The highest BCUT2D eigenvalue weighted by molar-refractivity contribution is 5.97. The maximum Gasteiger partial charge on any atom is 0.257 e. The van der Waals surface area contributed by atoms with Crippen LogP contribution in [0.1, 0.15) is 49.4 Å². The third kappa shape index (κ3) is 3.73. The van der Waals surface area contributed by atoms with Crippen LogP contribution in [0, 0.1) is 5.82 Å². The smallest absolute Gasteiger partial charge is 0.257 e. The zero-order valence-electron chi connectivity index (χ0n) is 12.4. The number of nitrogens with zero attached hydrogens (tertiary/aromatic N) is 1. The lowest BCUT2D eigenvalue weighted by Crippen LogP contribution is -2.44. The Morgan fingerprint density at radius 1 is 1.38 bits per heavy atom. The van der Waals surface area contributed by atoms with Gasteiger partial charge in [-0.05, 0) is 44.2 Å². The molecule has 5 heteroatoms. The summed E-state index contributed by atoms with van der Waals surface area (Å²) >= 11 is 0. The first-order valence-corrected chi connectivity index (χ1v) is 7.58. The van der Waals surface area contributed by atoms with Gasteiger partial charge < -0.3 is 15.7 Å². The Balaban J connectivity index is 2.18. The topological polar surface area (TPSA) is 66.6 Å². The van der Waals surface area contributed by atoms with Crippen LogP contribution in [-0.4, -0.2) is 34.5 Å². The predicted octanol–water partition coefficient (Wildman–Crippen LogP) is 2.65. The molecule has 2 rings (SSSR count). The molecule has 0 saturated heterocycles. The van der Waals surface area contributed by atoms with Crippen molar-refractivity contribution in [2.75, 3.05) is 6.54 Å². The van der Waals surface area contributed by atoms with Crippen LogP contribution >= 0.6 is 0 Å². The number of rotatable bonds is 4. The van der Waals surface area contributed by atoms with Crippen molar-refractivity contribution in [3.63, 3.8) is 0 Å². The number of aromatic hydroxyl groups is 1. The molecule has 0 atom stereocenters. The first kappa shape index (κ1) is 15.8. The molecule has 0 radical (unpaired) electrons. The number of carbonyl (C=O) groups is 1. The van der Waals surface area contributed by atoms with Crippen LogP contribution in [0.2, 0.25) is 0 Å². The number of phenols is 1. The van der Waals surface area contributed by atoms with Crippen molar-refractivity contribution >= 4 is 5.91 Å². The van der Waals surface area contributed by atoms with E-state index in [9.17, 15) is 14.3 Å². The first-order valence-electron chi connectivity index (χ1n) is 7.58. The average molecular weight is 294 g/mol. The van der Waals surface area contributed by atoms with Crippen LogP contribution in [0.15, 0.2) is 18.2 Å². The van der Waals surface area contributed by atoms with Gasteiger partial charge in [-0.2, -0.15) is 0 Å². The second kappa shape index (κ2) is 6.89. The molecule has 116 valence electrons. The normalized spacial score (nSPS) is 22.0. The van der Waals surface area contributed by atoms with E-state index in [1.165, 1.54) is 12.1 Å². The van der Waals surface area contributed by atoms with Gasteiger partial charge in [-0.3, -0.25) is 4.79 Å². The number of benzene rings is 1. The fraction of sp³-hybridized carbons (Fsp3) is 0.562. The third-order valence-electron chi connectivity index (χ3n) is 4.10. The Morgan fingerprint density at radius 2 is 2.05 bits per heavy atom. The molecule has 21 heavy (non-hydrogen) atoms. The van der Waals surface area contributed by atoms with E-state index in [1.54, 1.807) is 4.90 Å². The van der Waals surface area contributed by atoms with Crippen LogP contribution in [0.25, 0.3) is 0 Å². The highest BCUT2D eigenvalue weighted by atomic mass is 19.1. The number of amides is 1. The molecule has 0 spiro atoms. The predicted molar refractivity (Wildman–Crippen MR) is 79.6 cm³/mol. The van der Waals surface area contributed by atoms with E-state index < -0.39 is 5.82 Å². The number of halogens is 1. The number of hydrogen-bond acceptors (Lipinski definition) is 3. The van der Waals surface area contributed by atoms with Crippen molar-refractivity contribution in [1.82, 2.24) is 4.90 Å². The molecule has 1 aromatic rings. The van der Waals surface area contributed by atoms with Gasteiger partial charge in [0.1, 0.15) is 11.6 Å². The molecule has 1 fully saturated rings. The summed E-state index contributed by atoms with van der Waals surface area (Å²) in [6.07, 6.45) is 4.43. The molecule has 1 amide bonds. The fourth-order valence-electron chi connectivity index (χ4n) is 2.94. The van der Waals surface area contributed by atoms with Gasteiger partial charge in [-0.25, -0.2) is 4.39 Å². The largest absolute Gasteiger partial charge is 0.507 e. The highest BCUT2D eigenvalue weighted by Crippen LogP contribution is 2.26. The quantitative estimate of drug-likeness (QED) is 0.897. The molecule has 0 aliphatic heterocycles. The van der Waals surface area contributed by atoms with Gasteiger partial charge in [0.15, 0.2) is 0 Å². The Hall–Kier alpha value is -1.62. The Labute approximate surface area is 124 Å². The monoisotopic (exact) mass is 294 g/mol. The minimum absolute atomic E-state index is 0.154. The molecule has 3 N–H and O–H groups in total. The molecule has 1 saturated carbocycles. The Kier molecular flexibility index (Phi) is 5.17. The molecule has 1 aromatic carbocycles. The zero-order chi connectivity index (χ0) is 15.4. The van der Waals surface area contributed by atoms with Gasteiger partial charge in [0.25, 0.3) is 5.91 Å². The summed E-state index contributed by atoms with van der Waals surface area (Å²) < 4.78 is 13.1. The lowest BCUT2D eigenvalue weighted by atomic mass is 9.90. The summed E-state index contributed by atoms with van der Waals surface area (Å²) in [6.45, 7) is 2.65. The van der Waals surface area contributed by atoms with Gasteiger partial charge >= 0.3 is 0 Å². The van der Waals surface area contributed by atoms with E-state index in [4.69, 9.17) is 5.73 Å². The summed E-state index contributed by atoms with van der Waals surface area (Å²) in [4.78, 5) is 14.5. The summed E-state index contributed by atoms with van der Waals surface area (Å²) in [5.74, 6) is -1.07. The van der Waals surface area contributed by atoms with Crippen molar-refractivity contribution in [3.8, 4) is 5.75 Å². The van der Waals surface area contributed by atoms with Crippen molar-refractivity contribution in [1.29, 1.82) is 0 Å². The maximum atomic E-state index is 13.1. The van der Waals surface area contributed by atoms with E-state index in [2.05, 4.69) is 0 Å². The van der Waals surface area contributed by atoms with Crippen LogP contribution in [0.5, 0.6) is 5.75 Å². The summed E-state index contributed by atoms with van der Waals surface area (Å²) in [6, 6.07) is 3.91. The summed E-state index contributed by atoms with van der Waals surface area (Å²) in [7, 11) is 0. The third-order valence-corrected chi connectivity index (χ3v) is 4.10. The van der Waals surface area contributed by atoms with Crippen molar-refractivity contribution in [3.05, 3.63) is 29.6 Å². The standard InChI is InChI=1S/C16H23FN2O2/c1-2-9-19(13-6-4-12(18)5-7-13)16(21)14-8-3-11(17)10-15(14)20/h3,8,10,12-13,20H,2,4-7,9,18H2,1H3. The first-order chi connectivity index (χ1) is 10.0. The lowest BCUT2D eigenvalue weighted by molar-refractivity contribution is 0.0623. The van der Waals surface area contributed by atoms with Crippen molar-refractivity contribution in [2.24, 2.45) is 5.73 Å². The van der Waals surface area contributed by atoms with Gasteiger partial charge in [-0.15, -0.1) is 0 Å². The molecule has 1 aliphatic rings. The number of nitrogens with two attached hydrogens (primary N) is 1. The van der Waals surface area contributed by atoms with E-state index in [0.29, 0.717) is 6.54 Å². The molecular formula is C16H23FN2O2. The van der Waals surface area contributed by atoms with E-state index in [-0.39, 0.29) is 29.3 Å². The van der Waals surface area contributed by atoms with Crippen LogP contribution < -0.4 is 5.73 Å².